The Morgan fingerprint density at radius 2 is 1.69 bits per heavy atom. The van der Waals surface area contributed by atoms with Crippen LogP contribution in [-0.2, 0) is 9.53 Å². The third-order valence-electron chi connectivity index (χ3n) is 5.36. The molecule has 1 amide bonds. The van der Waals surface area contributed by atoms with Gasteiger partial charge in [0.05, 0.1) is 31.0 Å². The van der Waals surface area contributed by atoms with E-state index < -0.39 is 18.0 Å². The molecule has 4 aromatic rings. The van der Waals surface area contributed by atoms with E-state index in [2.05, 4.69) is 5.32 Å². The molecule has 0 aliphatic rings. The van der Waals surface area contributed by atoms with Crippen molar-refractivity contribution in [3.8, 4) is 22.8 Å². The minimum absolute atomic E-state index is 0.294. The molecule has 1 N–H and O–H groups in total. The topological polar surface area (TPSA) is 86.8 Å². The lowest BCUT2D eigenvalue weighted by Crippen LogP contribution is -2.30. The summed E-state index contributed by atoms with van der Waals surface area (Å²) in [6.45, 7) is 1.51. The zero-order valence-electron chi connectivity index (χ0n) is 19.4. The Labute approximate surface area is 207 Å². The van der Waals surface area contributed by atoms with Gasteiger partial charge < -0.3 is 19.5 Å². The van der Waals surface area contributed by atoms with Crippen LogP contribution in [0.5, 0.6) is 11.5 Å². The first-order valence-electron chi connectivity index (χ1n) is 10.8. The second-order valence-electron chi connectivity index (χ2n) is 7.69. The highest BCUT2D eigenvalue weighted by Crippen LogP contribution is 2.33. The van der Waals surface area contributed by atoms with Gasteiger partial charge in [0.15, 0.2) is 17.6 Å². The first-order chi connectivity index (χ1) is 16.9. The van der Waals surface area contributed by atoms with Crippen molar-refractivity contribution in [2.75, 3.05) is 19.5 Å². The van der Waals surface area contributed by atoms with Crippen LogP contribution >= 0.6 is 11.6 Å². The maximum absolute atomic E-state index is 13.2. The van der Waals surface area contributed by atoms with E-state index in [1.807, 2.05) is 24.3 Å². The highest BCUT2D eigenvalue weighted by atomic mass is 35.5. The van der Waals surface area contributed by atoms with Gasteiger partial charge in [0, 0.05) is 21.7 Å². The zero-order chi connectivity index (χ0) is 24.9. The molecule has 0 radical (unpaired) electrons. The number of hydrogen-bond acceptors (Lipinski definition) is 6. The van der Waals surface area contributed by atoms with Gasteiger partial charge in [-0.2, -0.15) is 0 Å². The van der Waals surface area contributed by atoms with Crippen LogP contribution in [0, 0.1) is 0 Å². The summed E-state index contributed by atoms with van der Waals surface area (Å²) < 4.78 is 16.2. The number of esters is 1. The summed E-state index contributed by atoms with van der Waals surface area (Å²) in [7, 11) is 3.11. The molecule has 0 unspecified atom stereocenters. The summed E-state index contributed by atoms with van der Waals surface area (Å²) in [5, 5.41) is 3.80. The number of ether oxygens (including phenoxy) is 3. The lowest BCUT2D eigenvalue weighted by molar-refractivity contribution is -0.123. The van der Waals surface area contributed by atoms with Crippen LogP contribution in [0.1, 0.15) is 17.3 Å². The van der Waals surface area contributed by atoms with Gasteiger partial charge in [0.1, 0.15) is 0 Å². The van der Waals surface area contributed by atoms with E-state index in [4.69, 9.17) is 30.8 Å². The third kappa shape index (κ3) is 5.36. The van der Waals surface area contributed by atoms with Gasteiger partial charge in [0.25, 0.3) is 5.91 Å². The fourth-order valence-electron chi connectivity index (χ4n) is 3.58. The first-order valence-corrected chi connectivity index (χ1v) is 11.2. The first kappa shape index (κ1) is 24.0. The summed E-state index contributed by atoms with van der Waals surface area (Å²) in [4.78, 5) is 30.5. The monoisotopic (exact) mass is 490 g/mol. The lowest BCUT2D eigenvalue weighted by Gasteiger charge is -2.15. The van der Waals surface area contributed by atoms with E-state index in [9.17, 15) is 9.59 Å². The van der Waals surface area contributed by atoms with Gasteiger partial charge >= 0.3 is 5.97 Å². The fraction of sp³-hybridized carbons (Fsp3) is 0.148. The summed E-state index contributed by atoms with van der Waals surface area (Å²) in [6.07, 6.45) is -1.04. The molecule has 178 valence electrons. The molecule has 7 nitrogen and oxygen atoms in total. The highest BCUT2D eigenvalue weighted by molar-refractivity contribution is 6.30. The number of rotatable bonds is 7. The molecule has 0 aliphatic heterocycles. The number of amides is 1. The van der Waals surface area contributed by atoms with Crippen molar-refractivity contribution >= 4 is 40.1 Å². The van der Waals surface area contributed by atoms with Crippen molar-refractivity contribution in [3.05, 3.63) is 83.4 Å². The van der Waals surface area contributed by atoms with E-state index in [0.717, 1.165) is 5.56 Å². The predicted molar refractivity (Wildman–Crippen MR) is 135 cm³/mol. The number of fused-ring (bicyclic) bond motifs is 1. The molecule has 1 atom stereocenters. The Morgan fingerprint density at radius 1 is 0.914 bits per heavy atom. The second-order valence-corrected chi connectivity index (χ2v) is 8.13. The number of nitrogens with one attached hydrogen (secondary N) is 1. The number of para-hydroxylation sites is 1. The maximum Gasteiger partial charge on any atom is 0.339 e. The highest BCUT2D eigenvalue weighted by Gasteiger charge is 2.22. The second kappa shape index (κ2) is 10.4. The van der Waals surface area contributed by atoms with Crippen LogP contribution in [0.25, 0.3) is 22.2 Å². The third-order valence-corrected chi connectivity index (χ3v) is 5.60. The minimum atomic E-state index is -1.04. The van der Waals surface area contributed by atoms with E-state index >= 15 is 0 Å². The number of carbonyl (C=O) groups excluding carboxylic acids is 2. The molecule has 4 rings (SSSR count). The molecule has 0 spiro atoms. The van der Waals surface area contributed by atoms with Crippen LogP contribution < -0.4 is 14.8 Å². The molecule has 8 heteroatoms. The van der Waals surface area contributed by atoms with Crippen molar-refractivity contribution in [1.82, 2.24) is 4.98 Å². The standard InChI is InChI=1S/C27H23ClN2O5/c1-16(26(31)29-19-8-6-7-18(28)14-19)35-27(32)21-15-23(30-22-10-5-4-9-20(21)22)17-11-12-24(33-2)25(13-17)34-3/h4-16H,1-3H3,(H,29,31)/t16-/m0/s1. The van der Waals surface area contributed by atoms with Gasteiger partial charge in [-0.05, 0) is 55.5 Å². The molecular weight excluding hydrogens is 468 g/mol. The normalized spacial score (nSPS) is 11.5. The summed E-state index contributed by atoms with van der Waals surface area (Å²) >= 11 is 5.97. The predicted octanol–water partition coefficient (Wildman–Crippen LogP) is 5.76. The number of hydrogen-bond donors (Lipinski definition) is 1. The zero-order valence-corrected chi connectivity index (χ0v) is 20.1. The molecule has 3 aromatic carbocycles. The van der Waals surface area contributed by atoms with Gasteiger partial charge in [-0.3, -0.25) is 4.79 Å². The number of halogens is 1. The molecule has 1 heterocycles. The van der Waals surface area contributed by atoms with Gasteiger partial charge in [0.2, 0.25) is 0 Å². The molecule has 0 saturated carbocycles. The number of carbonyl (C=O) groups is 2. The van der Waals surface area contributed by atoms with E-state index in [1.54, 1.807) is 62.8 Å². The Morgan fingerprint density at radius 3 is 2.43 bits per heavy atom. The number of pyridine rings is 1. The van der Waals surface area contributed by atoms with Crippen LogP contribution in [0.2, 0.25) is 5.02 Å². The maximum atomic E-state index is 13.2. The molecule has 0 saturated heterocycles. The van der Waals surface area contributed by atoms with Gasteiger partial charge in [-0.15, -0.1) is 0 Å². The molecule has 0 fully saturated rings. The van der Waals surface area contributed by atoms with Crippen LogP contribution in [0.3, 0.4) is 0 Å². The van der Waals surface area contributed by atoms with E-state index in [0.29, 0.717) is 44.4 Å². The minimum Gasteiger partial charge on any atom is -0.493 e. The molecule has 0 bridgehead atoms. The molecule has 35 heavy (non-hydrogen) atoms. The molecule has 0 aliphatic carbocycles. The Kier molecular flexibility index (Phi) is 7.17. The smallest absolute Gasteiger partial charge is 0.339 e. The van der Waals surface area contributed by atoms with Crippen molar-refractivity contribution in [2.24, 2.45) is 0 Å². The quantitative estimate of drug-likeness (QED) is 0.332. The van der Waals surface area contributed by atoms with Crippen molar-refractivity contribution in [2.45, 2.75) is 13.0 Å². The van der Waals surface area contributed by atoms with Crippen molar-refractivity contribution in [1.29, 1.82) is 0 Å². The largest absolute Gasteiger partial charge is 0.493 e. The number of nitrogens with zero attached hydrogens (tertiary/aromatic N) is 1. The van der Waals surface area contributed by atoms with Gasteiger partial charge in [-0.25, -0.2) is 9.78 Å². The molecule has 1 aromatic heterocycles. The Bertz CT molecular complexity index is 1410. The average molecular weight is 491 g/mol. The summed E-state index contributed by atoms with van der Waals surface area (Å²) in [5.74, 6) is 0.00442. The SMILES string of the molecule is COc1ccc(-c2cc(C(=O)O[C@@H](C)C(=O)Nc3cccc(Cl)c3)c3ccccc3n2)cc1OC. The van der Waals surface area contributed by atoms with E-state index in [1.165, 1.54) is 6.92 Å². The Hall–Kier alpha value is -4.10. The number of benzene rings is 3. The van der Waals surface area contributed by atoms with Crippen LogP contribution in [-0.4, -0.2) is 37.2 Å². The summed E-state index contributed by atoms with van der Waals surface area (Å²) in [5.41, 5.74) is 2.70. The van der Waals surface area contributed by atoms with Crippen LogP contribution in [0.15, 0.2) is 72.8 Å². The van der Waals surface area contributed by atoms with E-state index in [-0.39, 0.29) is 0 Å². The van der Waals surface area contributed by atoms with Gasteiger partial charge in [-0.1, -0.05) is 35.9 Å². The lowest BCUT2D eigenvalue weighted by atomic mass is 10.0. The Balaban J connectivity index is 1.64. The van der Waals surface area contributed by atoms with Crippen LogP contribution in [0.4, 0.5) is 5.69 Å². The average Bonchev–Trinajstić information content (AvgIpc) is 2.87. The van der Waals surface area contributed by atoms with Crippen molar-refractivity contribution < 1.29 is 23.8 Å². The number of anilines is 1. The molecular formula is C27H23ClN2O5. The number of aromatic nitrogens is 1. The summed E-state index contributed by atoms with van der Waals surface area (Å²) in [6, 6.07) is 21.0. The fourth-order valence-corrected chi connectivity index (χ4v) is 3.77. The number of methoxy groups -OCH3 is 2. The van der Waals surface area contributed by atoms with Crippen molar-refractivity contribution in [3.63, 3.8) is 0 Å².